The Hall–Kier alpha value is -2.18. The Kier molecular flexibility index (Phi) is 6.29. The highest BCUT2D eigenvalue weighted by Gasteiger charge is 2.48. The Bertz CT molecular complexity index is 746. The first kappa shape index (κ1) is 19.6. The van der Waals surface area contributed by atoms with Gasteiger partial charge in [0.15, 0.2) is 0 Å². The van der Waals surface area contributed by atoms with E-state index in [0.29, 0.717) is 19.4 Å². The molecule has 1 aromatic heterocycles. The largest absolute Gasteiger partial charge is 0.481 e. The summed E-state index contributed by atoms with van der Waals surface area (Å²) in [4.78, 5) is 14.3. The Morgan fingerprint density at radius 1 is 1.26 bits per heavy atom. The summed E-state index contributed by atoms with van der Waals surface area (Å²) < 4.78 is 1.89. The molecule has 2 aromatic rings. The van der Waals surface area contributed by atoms with Gasteiger partial charge in [-0.2, -0.15) is 5.10 Å². The summed E-state index contributed by atoms with van der Waals surface area (Å²) in [6, 6.07) is 12.1. The number of carboxylic acid groups (broad SMARTS) is 1. The molecular formula is C21H29N3O3. The van der Waals surface area contributed by atoms with Crippen molar-refractivity contribution in [3.05, 3.63) is 53.9 Å². The van der Waals surface area contributed by atoms with Crippen molar-refractivity contribution in [1.29, 1.82) is 0 Å². The van der Waals surface area contributed by atoms with Crippen LogP contribution in [0.15, 0.2) is 42.6 Å². The van der Waals surface area contributed by atoms with E-state index in [1.54, 1.807) is 0 Å². The standard InChI is InChI=1S/C21H29N3O3/c1-17-9-13-24(22-17)15-14-23-12-10-19(25)21(16-23,20(26)27)11-5-8-18-6-3-2-4-7-18/h2-4,6-7,9,13,19,25H,5,8,10-12,14-16H2,1H3,(H,26,27)/t19-,21+/m0/s1. The van der Waals surface area contributed by atoms with E-state index in [1.807, 2.05) is 42.1 Å². The zero-order valence-corrected chi connectivity index (χ0v) is 15.9. The highest BCUT2D eigenvalue weighted by atomic mass is 16.4. The minimum absolute atomic E-state index is 0.387. The van der Waals surface area contributed by atoms with Crippen LogP contribution in [-0.4, -0.2) is 56.6 Å². The van der Waals surface area contributed by atoms with Crippen LogP contribution >= 0.6 is 0 Å². The fourth-order valence-electron chi connectivity index (χ4n) is 4.00. The summed E-state index contributed by atoms with van der Waals surface area (Å²) in [5, 5.41) is 24.9. The molecule has 0 radical (unpaired) electrons. The average molecular weight is 371 g/mol. The van der Waals surface area contributed by atoms with Crippen LogP contribution < -0.4 is 0 Å². The lowest BCUT2D eigenvalue weighted by atomic mass is 9.73. The predicted octanol–water partition coefficient (Wildman–Crippen LogP) is 2.35. The molecule has 2 atom stereocenters. The molecule has 0 saturated carbocycles. The highest BCUT2D eigenvalue weighted by Crippen LogP contribution is 2.36. The van der Waals surface area contributed by atoms with Crippen molar-refractivity contribution in [2.45, 2.75) is 45.3 Å². The van der Waals surface area contributed by atoms with Gasteiger partial charge in [0.05, 0.1) is 18.3 Å². The molecule has 0 amide bonds. The van der Waals surface area contributed by atoms with Crippen LogP contribution in [0.4, 0.5) is 0 Å². The first-order valence-electron chi connectivity index (χ1n) is 9.67. The van der Waals surface area contributed by atoms with Crippen molar-refractivity contribution in [2.75, 3.05) is 19.6 Å². The number of aliphatic carboxylic acids is 1. The van der Waals surface area contributed by atoms with E-state index in [2.05, 4.69) is 22.1 Å². The molecule has 2 N–H and O–H groups in total. The van der Waals surface area contributed by atoms with Crippen molar-refractivity contribution < 1.29 is 15.0 Å². The number of carboxylic acids is 1. The fourth-order valence-corrected chi connectivity index (χ4v) is 4.00. The Balaban J connectivity index is 1.61. The maximum Gasteiger partial charge on any atom is 0.313 e. The molecule has 6 heteroatoms. The van der Waals surface area contributed by atoms with Crippen LogP contribution in [0.5, 0.6) is 0 Å². The summed E-state index contributed by atoms with van der Waals surface area (Å²) in [7, 11) is 0. The minimum Gasteiger partial charge on any atom is -0.481 e. The van der Waals surface area contributed by atoms with Gasteiger partial charge >= 0.3 is 5.97 Å². The number of nitrogens with zero attached hydrogens (tertiary/aromatic N) is 3. The molecule has 146 valence electrons. The molecule has 3 rings (SSSR count). The van der Waals surface area contributed by atoms with Crippen molar-refractivity contribution in [3.63, 3.8) is 0 Å². The number of carbonyl (C=O) groups is 1. The van der Waals surface area contributed by atoms with E-state index in [1.165, 1.54) is 5.56 Å². The topological polar surface area (TPSA) is 78.6 Å². The van der Waals surface area contributed by atoms with Crippen LogP contribution in [0.3, 0.4) is 0 Å². The van der Waals surface area contributed by atoms with E-state index in [-0.39, 0.29) is 0 Å². The number of aryl methyl sites for hydroxylation is 2. The number of piperidine rings is 1. The van der Waals surface area contributed by atoms with Gasteiger partial charge < -0.3 is 15.1 Å². The molecule has 0 bridgehead atoms. The quantitative estimate of drug-likeness (QED) is 0.745. The second-order valence-electron chi connectivity index (χ2n) is 7.60. The molecule has 6 nitrogen and oxygen atoms in total. The van der Waals surface area contributed by atoms with Crippen LogP contribution in [0.2, 0.25) is 0 Å². The summed E-state index contributed by atoms with van der Waals surface area (Å²) >= 11 is 0. The molecular weight excluding hydrogens is 342 g/mol. The summed E-state index contributed by atoms with van der Waals surface area (Å²) in [6.45, 7) is 4.52. The van der Waals surface area contributed by atoms with E-state index < -0.39 is 17.5 Å². The molecule has 1 aliphatic rings. The monoisotopic (exact) mass is 371 g/mol. The fraction of sp³-hybridized carbons (Fsp3) is 0.524. The molecule has 1 aliphatic heterocycles. The average Bonchev–Trinajstić information content (AvgIpc) is 3.08. The van der Waals surface area contributed by atoms with Gasteiger partial charge in [-0.15, -0.1) is 0 Å². The SMILES string of the molecule is Cc1ccn(CCN2CC[C@H](O)[C@](CCCc3ccccc3)(C(=O)O)C2)n1. The van der Waals surface area contributed by atoms with Gasteiger partial charge in [0.25, 0.3) is 0 Å². The van der Waals surface area contributed by atoms with E-state index in [0.717, 1.165) is 38.2 Å². The molecule has 0 aliphatic carbocycles. The van der Waals surface area contributed by atoms with Crippen LogP contribution in [0.1, 0.15) is 30.5 Å². The van der Waals surface area contributed by atoms with Gasteiger partial charge in [-0.25, -0.2) is 0 Å². The molecule has 27 heavy (non-hydrogen) atoms. The van der Waals surface area contributed by atoms with Gasteiger partial charge in [0.2, 0.25) is 0 Å². The lowest BCUT2D eigenvalue weighted by molar-refractivity contribution is -0.164. The maximum absolute atomic E-state index is 12.1. The lowest BCUT2D eigenvalue weighted by Gasteiger charge is -2.43. The molecule has 1 saturated heterocycles. The van der Waals surface area contributed by atoms with Crippen molar-refractivity contribution in [2.24, 2.45) is 5.41 Å². The Morgan fingerprint density at radius 2 is 2.04 bits per heavy atom. The lowest BCUT2D eigenvalue weighted by Crippen LogP contribution is -2.56. The van der Waals surface area contributed by atoms with Crippen LogP contribution in [0, 0.1) is 12.3 Å². The van der Waals surface area contributed by atoms with Gasteiger partial charge in [-0.3, -0.25) is 9.48 Å². The zero-order chi connectivity index (χ0) is 19.3. The minimum atomic E-state index is -1.09. The molecule has 0 unspecified atom stereocenters. The van der Waals surface area contributed by atoms with E-state index >= 15 is 0 Å². The third-order valence-corrected chi connectivity index (χ3v) is 5.64. The van der Waals surface area contributed by atoms with Gasteiger partial charge in [0.1, 0.15) is 5.41 Å². The van der Waals surface area contributed by atoms with E-state index in [4.69, 9.17) is 0 Å². The Morgan fingerprint density at radius 3 is 2.70 bits per heavy atom. The van der Waals surface area contributed by atoms with Gasteiger partial charge in [-0.1, -0.05) is 30.3 Å². The number of benzene rings is 1. The van der Waals surface area contributed by atoms with Crippen molar-refractivity contribution in [1.82, 2.24) is 14.7 Å². The summed E-state index contributed by atoms with van der Waals surface area (Å²) in [5.41, 5.74) is 1.09. The zero-order valence-electron chi connectivity index (χ0n) is 15.9. The number of hydrogen-bond acceptors (Lipinski definition) is 4. The van der Waals surface area contributed by atoms with Crippen molar-refractivity contribution in [3.8, 4) is 0 Å². The number of rotatable bonds is 8. The molecule has 0 spiro atoms. The summed E-state index contributed by atoms with van der Waals surface area (Å²) in [5.74, 6) is -0.886. The van der Waals surface area contributed by atoms with Crippen LogP contribution in [-0.2, 0) is 17.8 Å². The third kappa shape index (κ3) is 4.76. The first-order chi connectivity index (χ1) is 13.0. The molecule has 2 heterocycles. The molecule has 1 fully saturated rings. The first-order valence-corrected chi connectivity index (χ1v) is 9.67. The normalized spacial score (nSPS) is 23.4. The second-order valence-corrected chi connectivity index (χ2v) is 7.60. The summed E-state index contributed by atoms with van der Waals surface area (Å²) in [6.07, 6.45) is 3.70. The number of aliphatic hydroxyl groups is 1. The number of likely N-dealkylation sites (tertiary alicyclic amines) is 1. The maximum atomic E-state index is 12.1. The third-order valence-electron chi connectivity index (χ3n) is 5.64. The number of aromatic nitrogens is 2. The molecule has 1 aromatic carbocycles. The van der Waals surface area contributed by atoms with Crippen LogP contribution in [0.25, 0.3) is 0 Å². The predicted molar refractivity (Wildman–Crippen MR) is 103 cm³/mol. The number of aliphatic hydroxyl groups excluding tert-OH is 1. The Labute approximate surface area is 160 Å². The van der Waals surface area contributed by atoms with Crippen molar-refractivity contribution >= 4 is 5.97 Å². The highest BCUT2D eigenvalue weighted by molar-refractivity contribution is 5.76. The second kappa shape index (κ2) is 8.67. The number of hydrogen-bond donors (Lipinski definition) is 2. The van der Waals surface area contributed by atoms with Gasteiger partial charge in [0, 0.05) is 25.8 Å². The smallest absolute Gasteiger partial charge is 0.313 e. The van der Waals surface area contributed by atoms with Gasteiger partial charge in [-0.05, 0) is 44.2 Å². The van der Waals surface area contributed by atoms with E-state index in [9.17, 15) is 15.0 Å².